The summed E-state index contributed by atoms with van der Waals surface area (Å²) in [6.45, 7) is 21.8. The van der Waals surface area contributed by atoms with Crippen molar-refractivity contribution in [3.8, 4) is 22.8 Å². The fourth-order valence-electron chi connectivity index (χ4n) is 8.39. The molecule has 0 aliphatic carbocycles. The van der Waals surface area contributed by atoms with Crippen LogP contribution in [0.25, 0.3) is 22.4 Å². The molecule has 5 aromatic carbocycles. The average Bonchev–Trinajstić information content (AvgIpc) is 3.90. The first-order chi connectivity index (χ1) is 33.0. The lowest BCUT2D eigenvalue weighted by molar-refractivity contribution is -0.169. The third-order valence-corrected chi connectivity index (χ3v) is 12.4. The van der Waals surface area contributed by atoms with Gasteiger partial charge in [0.1, 0.15) is 19.0 Å². The summed E-state index contributed by atoms with van der Waals surface area (Å²) in [7, 11) is -2.21. The van der Waals surface area contributed by atoms with Crippen LogP contribution in [0.4, 0.5) is 26.3 Å². The molecule has 0 radical (unpaired) electrons. The third kappa shape index (κ3) is 12.7. The van der Waals surface area contributed by atoms with Crippen LogP contribution in [0.3, 0.4) is 0 Å². The number of fused-ring (bicyclic) bond motifs is 2. The first kappa shape index (κ1) is 52.7. The largest absolute Gasteiger partial charge is 0.598 e. The van der Waals surface area contributed by atoms with Crippen molar-refractivity contribution in [2.45, 2.75) is 117 Å². The molecule has 2 aliphatic heterocycles. The van der Waals surface area contributed by atoms with E-state index < -0.39 is 32.8 Å². The zero-order chi connectivity index (χ0) is 51.9. The number of rotatable bonds is 8. The second kappa shape index (κ2) is 19.8. The lowest BCUT2D eigenvalue weighted by Gasteiger charge is -2.27. The summed E-state index contributed by atoms with van der Waals surface area (Å²) >= 11 is 0. The van der Waals surface area contributed by atoms with E-state index >= 15 is 0 Å². The molecule has 8 rings (SSSR count). The van der Waals surface area contributed by atoms with E-state index in [1.807, 2.05) is 75.4 Å². The number of benzene rings is 5. The predicted octanol–water partition coefficient (Wildman–Crippen LogP) is 16.5. The van der Waals surface area contributed by atoms with E-state index in [2.05, 4.69) is 105 Å². The molecule has 12 heteroatoms. The van der Waals surface area contributed by atoms with Crippen LogP contribution >= 0.6 is 0 Å². The molecular formula is C59H63BF6N2O3. The van der Waals surface area contributed by atoms with Crippen LogP contribution in [-0.4, -0.2) is 43.0 Å². The molecule has 0 atom stereocenters. The van der Waals surface area contributed by atoms with Crippen molar-refractivity contribution >= 4 is 24.1 Å². The Morgan fingerprint density at radius 2 is 0.915 bits per heavy atom. The molecule has 0 saturated heterocycles. The molecule has 1 aromatic heterocycles. The van der Waals surface area contributed by atoms with Crippen LogP contribution in [0.5, 0.6) is 11.5 Å². The first-order valence-corrected chi connectivity index (χ1v) is 23.8. The van der Waals surface area contributed by atoms with E-state index in [0.717, 1.165) is 27.8 Å². The number of aromatic nitrogens is 1. The van der Waals surface area contributed by atoms with Gasteiger partial charge in [-0.05, 0) is 67.2 Å². The molecule has 5 nitrogen and oxygen atoms in total. The standard InChI is InChI=1S/C49H49BF6N2O3.C10H14/c1-45(2,3)33-20-14-30(15-21-33)37-26-38(31-16-22-34(23-17-31)46(4,5)6)57-43(37)42-36-12-10-11-13-40(36)61-41-27-39(32-18-24-35(25-19-32)47(7,8)9)58(44(41)42)50(59-28-48(51,52)53)60-29-49(54,55)56;1-10(2,3)9-7-5-4-6-8-9/h10-27H,28-29H2,1-9H3;4-8H,1-3H3/b43-42-;. The molecule has 0 fully saturated rings. The monoisotopic (exact) mass is 972 g/mol. The van der Waals surface area contributed by atoms with Gasteiger partial charge in [0.15, 0.2) is 5.75 Å². The van der Waals surface area contributed by atoms with E-state index in [1.165, 1.54) is 10.0 Å². The summed E-state index contributed by atoms with van der Waals surface area (Å²) in [4.78, 5) is 5.29. The average molecular weight is 973 g/mol. The van der Waals surface area contributed by atoms with E-state index in [4.69, 9.17) is 19.0 Å². The molecule has 0 amide bonds. The number of nitrogens with zero attached hydrogens (tertiary/aromatic N) is 2. The molecule has 0 N–H and O–H groups in total. The van der Waals surface area contributed by atoms with Gasteiger partial charge in [-0.25, -0.2) is 4.99 Å². The van der Waals surface area contributed by atoms with Gasteiger partial charge in [-0.15, -0.1) is 0 Å². The van der Waals surface area contributed by atoms with E-state index in [-0.39, 0.29) is 33.4 Å². The van der Waals surface area contributed by atoms with Crippen molar-refractivity contribution in [1.82, 2.24) is 4.48 Å². The van der Waals surface area contributed by atoms with Crippen LogP contribution in [0.15, 0.2) is 150 Å². The first-order valence-electron chi connectivity index (χ1n) is 23.8. The number of hydrogen-bond acceptors (Lipinski definition) is 4. The lowest BCUT2D eigenvalue weighted by Crippen LogP contribution is -2.40. The number of para-hydroxylation sites is 1. The Morgan fingerprint density at radius 3 is 1.37 bits per heavy atom. The van der Waals surface area contributed by atoms with Gasteiger partial charge in [-0.3, -0.25) is 0 Å². The second-order valence-corrected chi connectivity index (χ2v) is 22.2. The van der Waals surface area contributed by atoms with Gasteiger partial charge in [0.25, 0.3) is 0 Å². The van der Waals surface area contributed by atoms with Crippen molar-refractivity contribution in [2.24, 2.45) is 4.99 Å². The minimum absolute atomic E-state index is 0.101. The highest BCUT2D eigenvalue weighted by molar-refractivity contribution is 6.44. The Kier molecular flexibility index (Phi) is 14.7. The zero-order valence-electron chi connectivity index (χ0n) is 42.7. The van der Waals surface area contributed by atoms with Gasteiger partial charge in [0.05, 0.1) is 17.1 Å². The van der Waals surface area contributed by atoms with E-state index in [0.29, 0.717) is 44.8 Å². The fraction of sp³-hybridized carbons (Fsp3) is 0.339. The SMILES string of the molecule is CC(C)(C)c1ccc(C2=CC(c3ccc(C(C)(C)C)cc3)=N/C2=C2/c3ccccc3Oc3cc(-c4ccc(C(C)(C)C)cc4)n(B(OCC(F)(F)F)OCC(F)(F)F)c32)cc1.CC(C)(C)c1ccccc1. The molecule has 3 heterocycles. The molecule has 0 saturated carbocycles. The number of hydrogen-bond donors (Lipinski definition) is 0. The highest BCUT2D eigenvalue weighted by Gasteiger charge is 2.43. The molecule has 0 spiro atoms. The summed E-state index contributed by atoms with van der Waals surface area (Å²) in [5.74, 6) is 0.599. The van der Waals surface area contributed by atoms with Gasteiger partial charge in [0, 0.05) is 34.0 Å². The molecule has 71 heavy (non-hydrogen) atoms. The van der Waals surface area contributed by atoms with Crippen LogP contribution in [-0.2, 0) is 31.0 Å². The van der Waals surface area contributed by atoms with Crippen LogP contribution in [0, 0.1) is 0 Å². The highest BCUT2D eigenvalue weighted by atomic mass is 19.4. The highest BCUT2D eigenvalue weighted by Crippen LogP contribution is 2.51. The quantitative estimate of drug-likeness (QED) is 0.113. The van der Waals surface area contributed by atoms with E-state index in [9.17, 15) is 26.3 Å². The molecule has 372 valence electrons. The van der Waals surface area contributed by atoms with Gasteiger partial charge >= 0.3 is 19.6 Å². The maximum Gasteiger partial charge on any atom is 0.598 e. The summed E-state index contributed by atoms with van der Waals surface area (Å²) in [6.07, 6.45) is -7.82. The number of aliphatic imine (C=N–C) groups is 1. The summed E-state index contributed by atoms with van der Waals surface area (Å²) in [5, 5.41) is 0. The summed E-state index contributed by atoms with van der Waals surface area (Å²) < 4.78 is 102. The Labute approximate surface area is 415 Å². The third-order valence-electron chi connectivity index (χ3n) is 12.4. The predicted molar refractivity (Wildman–Crippen MR) is 276 cm³/mol. The summed E-state index contributed by atoms with van der Waals surface area (Å²) in [6, 6.07) is 42.8. The molecule has 6 aromatic rings. The van der Waals surface area contributed by atoms with Gasteiger partial charge in [0.2, 0.25) is 0 Å². The van der Waals surface area contributed by atoms with Crippen molar-refractivity contribution in [2.75, 3.05) is 13.2 Å². The second-order valence-electron chi connectivity index (χ2n) is 22.2. The molecular weight excluding hydrogens is 909 g/mol. The normalized spacial score (nSPS) is 15.2. The van der Waals surface area contributed by atoms with Crippen molar-refractivity contribution < 1.29 is 40.4 Å². The Morgan fingerprint density at radius 1 is 0.493 bits per heavy atom. The van der Waals surface area contributed by atoms with Gasteiger partial charge in [-0.1, -0.05) is 204 Å². The molecule has 0 bridgehead atoms. The van der Waals surface area contributed by atoms with Gasteiger partial charge in [-0.2, -0.15) is 26.3 Å². The van der Waals surface area contributed by atoms with Crippen LogP contribution in [0.2, 0.25) is 0 Å². The minimum Gasteiger partial charge on any atom is -0.454 e. The maximum atomic E-state index is 13.9. The van der Waals surface area contributed by atoms with Crippen molar-refractivity contribution in [1.29, 1.82) is 0 Å². The number of ether oxygens (including phenoxy) is 1. The van der Waals surface area contributed by atoms with Crippen LogP contribution < -0.4 is 4.74 Å². The summed E-state index contributed by atoms with van der Waals surface area (Å²) in [5.41, 5.74) is 9.57. The smallest absolute Gasteiger partial charge is 0.454 e. The van der Waals surface area contributed by atoms with Crippen LogP contribution in [0.1, 0.15) is 128 Å². The number of halogens is 6. The minimum atomic E-state index is -4.89. The number of alkyl halides is 6. The Hall–Kier alpha value is -6.11. The van der Waals surface area contributed by atoms with Crippen molar-refractivity contribution in [3.63, 3.8) is 0 Å². The number of allylic oxidation sites excluding steroid dienone is 2. The fourth-order valence-corrected chi connectivity index (χ4v) is 8.39. The topological polar surface area (TPSA) is 45.0 Å². The van der Waals surface area contributed by atoms with Crippen molar-refractivity contribution in [3.05, 3.63) is 190 Å². The molecule has 2 aliphatic rings. The van der Waals surface area contributed by atoms with E-state index in [1.54, 1.807) is 42.5 Å². The maximum absolute atomic E-state index is 13.9. The Balaban J connectivity index is 0.000000661. The lowest BCUT2D eigenvalue weighted by atomic mass is 9.85. The zero-order valence-corrected chi connectivity index (χ0v) is 42.7. The van der Waals surface area contributed by atoms with Gasteiger partial charge < -0.3 is 18.5 Å². The Bertz CT molecular complexity index is 2900. The molecule has 0 unspecified atom stereocenters.